The first kappa shape index (κ1) is 31.8. The zero-order valence-corrected chi connectivity index (χ0v) is 24.2. The van der Waals surface area contributed by atoms with Crippen molar-refractivity contribution in [1.29, 1.82) is 0 Å². The lowest BCUT2D eigenvalue weighted by Gasteiger charge is -2.28. The van der Waals surface area contributed by atoms with E-state index >= 15 is 0 Å². The zero-order chi connectivity index (χ0) is 28.7. The Balaban J connectivity index is 1.77. The number of nitrogens with one attached hydrogen (secondary N) is 1. The van der Waals surface area contributed by atoms with Crippen LogP contribution in [0.15, 0.2) is 46.6 Å². The minimum atomic E-state index is -2.73. The number of alkyl carbamates (subject to hydrolysis) is 1. The Morgan fingerprint density at radius 3 is 2.18 bits per heavy atom. The molecule has 0 atom stereocenters. The predicted molar refractivity (Wildman–Crippen MR) is 148 cm³/mol. The second kappa shape index (κ2) is 16.5. The Labute approximate surface area is 230 Å². The number of nitro benzene ring substituents is 1. The van der Waals surface area contributed by atoms with Crippen LogP contribution >= 0.6 is 0 Å². The summed E-state index contributed by atoms with van der Waals surface area (Å²) < 4.78 is 28.4. The van der Waals surface area contributed by atoms with Gasteiger partial charge < -0.3 is 28.1 Å². The number of nitrogens with zero attached hydrogens (tertiary/aromatic N) is 3. The van der Waals surface area contributed by atoms with E-state index in [1.807, 2.05) is 46.8 Å². The van der Waals surface area contributed by atoms with Gasteiger partial charge in [0.2, 0.25) is 0 Å². The van der Waals surface area contributed by atoms with Gasteiger partial charge in [0.25, 0.3) is 5.69 Å². The molecule has 0 spiro atoms. The van der Waals surface area contributed by atoms with Gasteiger partial charge >= 0.3 is 14.9 Å². The Bertz CT molecular complexity index is 1080. The number of amides is 1. The van der Waals surface area contributed by atoms with E-state index in [-0.39, 0.29) is 18.9 Å². The normalized spacial score (nSPS) is 11.5. The molecule has 2 aromatic rings. The van der Waals surface area contributed by atoms with Crippen LogP contribution in [0.25, 0.3) is 0 Å². The van der Waals surface area contributed by atoms with Gasteiger partial charge in [-0.05, 0) is 76.4 Å². The fraction of sp³-hybridized carbons (Fsp3) is 0.500. The van der Waals surface area contributed by atoms with Crippen molar-refractivity contribution in [2.24, 2.45) is 10.2 Å². The number of benzene rings is 2. The van der Waals surface area contributed by atoms with Gasteiger partial charge in [0.05, 0.1) is 16.3 Å². The van der Waals surface area contributed by atoms with Gasteiger partial charge in [-0.15, -0.1) is 0 Å². The van der Waals surface area contributed by atoms with Crippen molar-refractivity contribution in [2.75, 3.05) is 39.6 Å². The number of rotatable bonds is 17. The number of nitro groups is 1. The second-order valence-electron chi connectivity index (χ2n) is 8.37. The van der Waals surface area contributed by atoms with Gasteiger partial charge in [0, 0.05) is 44.5 Å². The number of aryl methyl sites for hydroxylation is 2. The van der Waals surface area contributed by atoms with Crippen LogP contribution in [0.2, 0.25) is 6.04 Å². The summed E-state index contributed by atoms with van der Waals surface area (Å²) in [4.78, 5) is 22.3. The van der Waals surface area contributed by atoms with Crippen molar-refractivity contribution >= 4 is 32.0 Å². The van der Waals surface area contributed by atoms with E-state index in [0.717, 1.165) is 11.1 Å². The average Bonchev–Trinajstić information content (AvgIpc) is 2.90. The lowest BCUT2D eigenvalue weighted by molar-refractivity contribution is -0.384. The van der Waals surface area contributed by atoms with E-state index in [4.69, 9.17) is 22.8 Å². The predicted octanol–water partition coefficient (Wildman–Crippen LogP) is 6.17. The average molecular weight is 563 g/mol. The van der Waals surface area contributed by atoms with E-state index in [0.29, 0.717) is 56.0 Å². The van der Waals surface area contributed by atoms with Gasteiger partial charge in [-0.1, -0.05) is 0 Å². The molecule has 13 heteroatoms. The first-order chi connectivity index (χ1) is 18.7. The maximum Gasteiger partial charge on any atom is 0.500 e. The molecule has 12 nitrogen and oxygen atoms in total. The number of non-ortho nitro benzene ring substituents is 1. The lowest BCUT2D eigenvalue weighted by Crippen LogP contribution is -2.46. The highest BCUT2D eigenvalue weighted by atomic mass is 28.4. The number of ether oxygens (including phenoxy) is 2. The van der Waals surface area contributed by atoms with Gasteiger partial charge in [-0.3, -0.25) is 10.1 Å². The van der Waals surface area contributed by atoms with E-state index in [2.05, 4.69) is 15.5 Å². The highest BCUT2D eigenvalue weighted by Crippen LogP contribution is 2.30. The summed E-state index contributed by atoms with van der Waals surface area (Å²) in [5, 5.41) is 21.9. The van der Waals surface area contributed by atoms with Crippen molar-refractivity contribution in [1.82, 2.24) is 5.32 Å². The molecule has 0 saturated carbocycles. The van der Waals surface area contributed by atoms with Crippen LogP contribution in [0.5, 0.6) is 5.75 Å². The smallest absolute Gasteiger partial charge is 0.490 e. The van der Waals surface area contributed by atoms with Crippen LogP contribution in [0, 0.1) is 24.0 Å². The molecule has 0 saturated heterocycles. The third kappa shape index (κ3) is 10.7. The topological polar surface area (TPSA) is 143 Å². The number of carbonyl (C=O) groups is 1. The van der Waals surface area contributed by atoms with E-state index in [1.165, 1.54) is 24.3 Å². The van der Waals surface area contributed by atoms with Crippen molar-refractivity contribution in [3.63, 3.8) is 0 Å². The summed E-state index contributed by atoms with van der Waals surface area (Å²) in [6.45, 7) is 11.7. The maximum atomic E-state index is 12.0. The van der Waals surface area contributed by atoms with Crippen molar-refractivity contribution < 1.29 is 32.5 Å². The van der Waals surface area contributed by atoms with Crippen LogP contribution in [0.4, 0.5) is 21.9 Å². The fourth-order valence-electron chi connectivity index (χ4n) is 3.62. The third-order valence-corrected chi connectivity index (χ3v) is 8.57. The molecular weight excluding hydrogens is 524 g/mol. The number of hydrogen-bond donors (Lipinski definition) is 1. The van der Waals surface area contributed by atoms with Gasteiger partial charge in [-0.25, -0.2) is 4.79 Å². The van der Waals surface area contributed by atoms with Crippen LogP contribution in [0.1, 0.15) is 38.3 Å². The van der Waals surface area contributed by atoms with Gasteiger partial charge in [0.1, 0.15) is 19.0 Å². The minimum absolute atomic E-state index is 0.00553. The quantitative estimate of drug-likeness (QED) is 0.0792. The van der Waals surface area contributed by atoms with Gasteiger partial charge in [0.15, 0.2) is 0 Å². The molecule has 0 heterocycles. The van der Waals surface area contributed by atoms with Gasteiger partial charge in [-0.2, -0.15) is 10.2 Å². The summed E-state index contributed by atoms with van der Waals surface area (Å²) >= 11 is 0. The highest BCUT2D eigenvalue weighted by Gasteiger charge is 2.39. The lowest BCUT2D eigenvalue weighted by atomic mass is 10.1. The molecule has 0 unspecified atom stereocenters. The monoisotopic (exact) mass is 562 g/mol. The molecule has 0 bridgehead atoms. The van der Waals surface area contributed by atoms with Crippen LogP contribution in [0.3, 0.4) is 0 Å². The van der Waals surface area contributed by atoms with Crippen LogP contribution in [-0.4, -0.2) is 59.4 Å². The molecule has 0 fully saturated rings. The first-order valence-corrected chi connectivity index (χ1v) is 14.9. The van der Waals surface area contributed by atoms with E-state index < -0.39 is 19.8 Å². The second-order valence-corrected chi connectivity index (χ2v) is 11.1. The summed E-state index contributed by atoms with van der Waals surface area (Å²) in [6, 6.07) is 10.1. The molecule has 0 aliphatic carbocycles. The molecule has 39 heavy (non-hydrogen) atoms. The van der Waals surface area contributed by atoms with Crippen molar-refractivity contribution in [2.45, 2.75) is 47.1 Å². The molecule has 0 aliphatic heterocycles. The number of hydrogen-bond acceptors (Lipinski definition) is 10. The molecule has 0 aromatic heterocycles. The SMILES string of the molecule is CCO[Si](CCCNC(=O)OCCOc1cc(C)c(N=Nc2ccc([N+](=O)[O-])cc2)cc1C)(OCC)OCC. The summed E-state index contributed by atoms with van der Waals surface area (Å²) in [7, 11) is -2.73. The number of carbonyl (C=O) groups excluding carboxylic acids is 1. The Hall–Kier alpha value is -3.39. The highest BCUT2D eigenvalue weighted by molar-refractivity contribution is 6.60. The molecule has 1 amide bonds. The molecule has 0 radical (unpaired) electrons. The molecule has 1 N–H and O–H groups in total. The fourth-order valence-corrected chi connectivity index (χ4v) is 6.24. The summed E-state index contributed by atoms with van der Waals surface area (Å²) in [6.07, 6.45) is 0.120. The Morgan fingerprint density at radius 1 is 0.949 bits per heavy atom. The van der Waals surface area contributed by atoms with Crippen LogP contribution < -0.4 is 10.1 Å². The standard InChI is InChI=1S/C26H38N4O8Si/c1-6-36-39(37-7-2,38-8-3)17-9-14-27-26(31)35-16-15-34-25-19-20(4)24(18-21(25)5)29-28-22-10-12-23(13-11-22)30(32)33/h10-13,18-19H,6-9,14-17H2,1-5H3,(H,27,31). The molecule has 2 rings (SSSR count). The van der Waals surface area contributed by atoms with E-state index in [1.54, 1.807) is 0 Å². The van der Waals surface area contributed by atoms with E-state index in [9.17, 15) is 14.9 Å². The zero-order valence-electron chi connectivity index (χ0n) is 23.2. The molecule has 214 valence electrons. The Kier molecular flexibility index (Phi) is 13.5. The van der Waals surface area contributed by atoms with Crippen molar-refractivity contribution in [3.8, 4) is 5.75 Å². The maximum absolute atomic E-state index is 12.0. The van der Waals surface area contributed by atoms with Crippen molar-refractivity contribution in [3.05, 3.63) is 57.6 Å². The summed E-state index contributed by atoms with van der Waals surface area (Å²) in [5.74, 6) is 0.648. The molecule has 0 aliphatic rings. The summed E-state index contributed by atoms with van der Waals surface area (Å²) in [5.41, 5.74) is 2.83. The molecular formula is C26H38N4O8Si. The Morgan fingerprint density at radius 2 is 1.59 bits per heavy atom. The largest absolute Gasteiger partial charge is 0.500 e. The minimum Gasteiger partial charge on any atom is -0.490 e. The first-order valence-electron chi connectivity index (χ1n) is 13.0. The molecule has 2 aromatic carbocycles. The third-order valence-electron chi connectivity index (χ3n) is 5.42. The van der Waals surface area contributed by atoms with Crippen LogP contribution in [-0.2, 0) is 18.0 Å². The number of azo groups is 1.